The van der Waals surface area contributed by atoms with Crippen molar-refractivity contribution in [1.29, 1.82) is 0 Å². The Bertz CT molecular complexity index is 392. The molecule has 0 aromatic heterocycles. The van der Waals surface area contributed by atoms with Crippen molar-refractivity contribution in [2.45, 2.75) is 38.8 Å². The average Bonchev–Trinajstić information content (AvgIpc) is 2.37. The fraction of sp³-hybridized carbons (Fsp3) is 0.500. The molecule has 4 nitrogen and oxygen atoms in total. The number of aliphatic carboxylic acids is 1. The maximum absolute atomic E-state index is 11.1. The van der Waals surface area contributed by atoms with Crippen molar-refractivity contribution in [1.82, 2.24) is 5.32 Å². The van der Waals surface area contributed by atoms with Gasteiger partial charge in [0, 0.05) is 11.6 Å². The molecule has 0 aliphatic carbocycles. The molecule has 1 rings (SSSR count). The number of ether oxygens (including phenoxy) is 1. The SMILES string of the molecule is CCCC(NC(C)c1ccccc1OC)C(=O)O. The molecule has 1 aromatic rings. The lowest BCUT2D eigenvalue weighted by Crippen LogP contribution is -2.38. The van der Waals surface area contributed by atoms with Gasteiger partial charge >= 0.3 is 5.97 Å². The highest BCUT2D eigenvalue weighted by Gasteiger charge is 2.20. The summed E-state index contributed by atoms with van der Waals surface area (Å²) >= 11 is 0. The molecule has 100 valence electrons. The Labute approximate surface area is 108 Å². The van der Waals surface area contributed by atoms with Crippen LogP contribution >= 0.6 is 0 Å². The van der Waals surface area contributed by atoms with Crippen molar-refractivity contribution in [3.05, 3.63) is 29.8 Å². The van der Waals surface area contributed by atoms with Crippen LogP contribution in [0.1, 0.15) is 38.3 Å². The largest absolute Gasteiger partial charge is 0.496 e. The zero-order valence-electron chi connectivity index (χ0n) is 11.1. The van der Waals surface area contributed by atoms with Gasteiger partial charge < -0.3 is 9.84 Å². The average molecular weight is 251 g/mol. The van der Waals surface area contributed by atoms with Crippen molar-refractivity contribution in [3.63, 3.8) is 0 Å². The van der Waals surface area contributed by atoms with Gasteiger partial charge in [0.2, 0.25) is 0 Å². The van der Waals surface area contributed by atoms with Gasteiger partial charge in [-0.2, -0.15) is 0 Å². The summed E-state index contributed by atoms with van der Waals surface area (Å²) in [5.41, 5.74) is 0.974. The van der Waals surface area contributed by atoms with Gasteiger partial charge in [-0.25, -0.2) is 0 Å². The van der Waals surface area contributed by atoms with E-state index in [0.717, 1.165) is 17.7 Å². The molecule has 0 aliphatic heterocycles. The monoisotopic (exact) mass is 251 g/mol. The minimum Gasteiger partial charge on any atom is -0.496 e. The summed E-state index contributed by atoms with van der Waals surface area (Å²) < 4.78 is 5.28. The Balaban J connectivity index is 2.79. The molecule has 0 bridgehead atoms. The smallest absolute Gasteiger partial charge is 0.320 e. The standard InChI is InChI=1S/C14H21NO3/c1-4-7-12(14(16)17)15-10(2)11-8-5-6-9-13(11)18-3/h5-6,8-10,12,15H,4,7H2,1-3H3,(H,16,17). The summed E-state index contributed by atoms with van der Waals surface area (Å²) in [6.07, 6.45) is 1.46. The third-order valence-electron chi connectivity index (χ3n) is 2.93. The molecule has 0 radical (unpaired) electrons. The Morgan fingerprint density at radius 3 is 2.67 bits per heavy atom. The maximum atomic E-state index is 11.1. The lowest BCUT2D eigenvalue weighted by Gasteiger charge is -2.21. The summed E-state index contributed by atoms with van der Waals surface area (Å²) in [5, 5.41) is 12.3. The first kappa shape index (κ1) is 14.5. The molecule has 0 amide bonds. The van der Waals surface area contributed by atoms with Gasteiger partial charge in [0.1, 0.15) is 11.8 Å². The fourth-order valence-electron chi connectivity index (χ4n) is 1.98. The number of carboxylic acid groups (broad SMARTS) is 1. The number of carbonyl (C=O) groups is 1. The molecule has 0 saturated heterocycles. The second-order valence-corrected chi connectivity index (χ2v) is 4.31. The normalized spacial score (nSPS) is 13.9. The maximum Gasteiger partial charge on any atom is 0.320 e. The van der Waals surface area contributed by atoms with Crippen LogP contribution in [0.15, 0.2) is 24.3 Å². The predicted octanol–water partition coefficient (Wildman–Crippen LogP) is 2.60. The van der Waals surface area contributed by atoms with Crippen LogP contribution in [0.4, 0.5) is 0 Å². The van der Waals surface area contributed by atoms with E-state index >= 15 is 0 Å². The van der Waals surface area contributed by atoms with Gasteiger partial charge in [0.05, 0.1) is 7.11 Å². The molecule has 0 saturated carbocycles. The van der Waals surface area contributed by atoms with Crippen LogP contribution in [-0.4, -0.2) is 24.2 Å². The van der Waals surface area contributed by atoms with Crippen LogP contribution in [0.2, 0.25) is 0 Å². The molecule has 0 spiro atoms. The van der Waals surface area contributed by atoms with E-state index in [1.807, 2.05) is 38.1 Å². The van der Waals surface area contributed by atoms with Crippen LogP contribution in [0.5, 0.6) is 5.75 Å². The minimum atomic E-state index is -0.807. The van der Waals surface area contributed by atoms with Crippen molar-refractivity contribution in [3.8, 4) is 5.75 Å². The number of nitrogens with one attached hydrogen (secondary N) is 1. The van der Waals surface area contributed by atoms with E-state index in [4.69, 9.17) is 9.84 Å². The number of carboxylic acids is 1. The van der Waals surface area contributed by atoms with E-state index in [2.05, 4.69) is 5.32 Å². The lowest BCUT2D eigenvalue weighted by atomic mass is 10.0. The zero-order valence-corrected chi connectivity index (χ0v) is 11.1. The first-order valence-electron chi connectivity index (χ1n) is 6.21. The van der Waals surface area contributed by atoms with Crippen LogP contribution in [0.3, 0.4) is 0 Å². The Morgan fingerprint density at radius 2 is 2.11 bits per heavy atom. The lowest BCUT2D eigenvalue weighted by molar-refractivity contribution is -0.139. The van der Waals surface area contributed by atoms with E-state index in [1.165, 1.54) is 0 Å². The summed E-state index contributed by atoms with van der Waals surface area (Å²) in [7, 11) is 1.62. The minimum absolute atomic E-state index is 0.0613. The third-order valence-corrected chi connectivity index (χ3v) is 2.93. The summed E-state index contributed by atoms with van der Waals surface area (Å²) in [6.45, 7) is 3.93. The van der Waals surface area contributed by atoms with Gasteiger partial charge in [-0.15, -0.1) is 0 Å². The third kappa shape index (κ3) is 3.74. The molecule has 1 aromatic carbocycles. The molecular weight excluding hydrogens is 230 g/mol. The highest BCUT2D eigenvalue weighted by molar-refractivity contribution is 5.73. The molecule has 2 unspecified atom stereocenters. The molecule has 2 N–H and O–H groups in total. The predicted molar refractivity (Wildman–Crippen MR) is 70.9 cm³/mol. The van der Waals surface area contributed by atoms with Gasteiger partial charge in [-0.3, -0.25) is 10.1 Å². The van der Waals surface area contributed by atoms with Crippen molar-refractivity contribution >= 4 is 5.97 Å². The Kier molecular flexibility index (Phi) is 5.65. The molecular formula is C14H21NO3. The number of hydrogen-bond donors (Lipinski definition) is 2. The van der Waals surface area contributed by atoms with Crippen molar-refractivity contribution in [2.24, 2.45) is 0 Å². The van der Waals surface area contributed by atoms with Crippen molar-refractivity contribution < 1.29 is 14.6 Å². The van der Waals surface area contributed by atoms with Crippen molar-refractivity contribution in [2.75, 3.05) is 7.11 Å². The van der Waals surface area contributed by atoms with E-state index in [-0.39, 0.29) is 6.04 Å². The molecule has 0 aliphatic rings. The van der Waals surface area contributed by atoms with Gasteiger partial charge in [0.25, 0.3) is 0 Å². The first-order valence-corrected chi connectivity index (χ1v) is 6.21. The molecule has 0 fully saturated rings. The van der Waals surface area contributed by atoms with E-state index in [9.17, 15) is 4.79 Å². The summed E-state index contributed by atoms with van der Waals surface area (Å²) in [4.78, 5) is 11.1. The Morgan fingerprint density at radius 1 is 1.44 bits per heavy atom. The van der Waals surface area contributed by atoms with Gasteiger partial charge in [-0.05, 0) is 19.4 Å². The fourth-order valence-corrected chi connectivity index (χ4v) is 1.98. The number of rotatable bonds is 7. The second kappa shape index (κ2) is 7.01. The van der Waals surface area contributed by atoms with Crippen LogP contribution < -0.4 is 10.1 Å². The van der Waals surface area contributed by atoms with E-state index < -0.39 is 12.0 Å². The topological polar surface area (TPSA) is 58.6 Å². The first-order chi connectivity index (χ1) is 8.60. The molecule has 0 heterocycles. The number of methoxy groups -OCH3 is 1. The number of para-hydroxylation sites is 1. The van der Waals surface area contributed by atoms with Crippen LogP contribution in [0, 0.1) is 0 Å². The van der Waals surface area contributed by atoms with E-state index in [1.54, 1.807) is 7.11 Å². The molecule has 18 heavy (non-hydrogen) atoms. The highest BCUT2D eigenvalue weighted by atomic mass is 16.5. The zero-order chi connectivity index (χ0) is 13.5. The van der Waals surface area contributed by atoms with E-state index in [0.29, 0.717) is 6.42 Å². The summed E-state index contributed by atoms with van der Waals surface area (Å²) in [5.74, 6) is -0.0308. The second-order valence-electron chi connectivity index (χ2n) is 4.31. The quantitative estimate of drug-likeness (QED) is 0.782. The number of hydrogen-bond acceptors (Lipinski definition) is 3. The summed E-state index contributed by atoms with van der Waals surface area (Å²) in [6, 6.07) is 7.06. The van der Waals surface area contributed by atoms with Gasteiger partial charge in [0.15, 0.2) is 0 Å². The van der Waals surface area contributed by atoms with Crippen LogP contribution in [0.25, 0.3) is 0 Å². The molecule has 2 atom stereocenters. The highest BCUT2D eigenvalue weighted by Crippen LogP contribution is 2.24. The molecule has 4 heteroatoms. The van der Waals surface area contributed by atoms with Crippen LogP contribution in [-0.2, 0) is 4.79 Å². The number of benzene rings is 1. The van der Waals surface area contributed by atoms with Gasteiger partial charge in [-0.1, -0.05) is 31.5 Å². The Hall–Kier alpha value is -1.55.